The van der Waals surface area contributed by atoms with Crippen LogP contribution in [0.4, 0.5) is 44.7 Å². The fourth-order valence-electron chi connectivity index (χ4n) is 7.62. The zero-order chi connectivity index (χ0) is 53.7. The van der Waals surface area contributed by atoms with E-state index in [-0.39, 0.29) is 90.8 Å². The molecule has 4 aromatic heterocycles. The Labute approximate surface area is 407 Å². The van der Waals surface area contributed by atoms with E-state index in [1.54, 1.807) is 41.5 Å². The van der Waals surface area contributed by atoms with Crippen LogP contribution in [0.3, 0.4) is 0 Å². The number of rotatable bonds is 12. The molecule has 3 N–H and O–H groups in total. The minimum atomic E-state index is -4.65. The second-order valence-electron chi connectivity index (χ2n) is 18.9. The normalized spacial score (nSPS) is 18.2. The number of likely N-dealkylation sites (tertiary alicyclic amines) is 2. The number of carboxylic acids is 1. The highest BCUT2D eigenvalue weighted by Gasteiger charge is 2.43. The number of ether oxygens (including phenoxy) is 2. The van der Waals surface area contributed by atoms with Crippen molar-refractivity contribution in [1.82, 2.24) is 29.7 Å². The number of nitrogens with two attached hydrogens (primary N) is 1. The van der Waals surface area contributed by atoms with Crippen LogP contribution in [0.1, 0.15) is 111 Å². The van der Waals surface area contributed by atoms with E-state index in [0.29, 0.717) is 11.4 Å². The van der Waals surface area contributed by atoms with Gasteiger partial charge in [0.2, 0.25) is 0 Å². The first-order valence-corrected chi connectivity index (χ1v) is 22.2. The average Bonchev–Trinajstić information content (AvgIpc) is 3.88. The smallest absolute Gasteiger partial charge is 0.433 e. The summed E-state index contributed by atoms with van der Waals surface area (Å²) in [4.78, 5) is 91.1. The van der Waals surface area contributed by atoms with Crippen molar-refractivity contribution < 1.29 is 78.5 Å². The molecule has 24 heteroatoms. The largest absolute Gasteiger partial charge is 0.478 e. The lowest BCUT2D eigenvalue weighted by Gasteiger charge is -2.27. The third-order valence-electron chi connectivity index (χ3n) is 10.9. The molecule has 2 aliphatic rings. The zero-order valence-corrected chi connectivity index (χ0v) is 39.7. The number of halogens is 8. The number of hydrogen-bond acceptors (Lipinski definition) is 12. The van der Waals surface area contributed by atoms with Crippen molar-refractivity contribution in [2.75, 3.05) is 13.1 Å². The molecule has 4 atom stereocenters. The summed E-state index contributed by atoms with van der Waals surface area (Å²) in [7, 11) is 0. The first-order valence-electron chi connectivity index (χ1n) is 22.2. The van der Waals surface area contributed by atoms with Gasteiger partial charge in [-0.1, -0.05) is 12.1 Å². The van der Waals surface area contributed by atoms with Crippen molar-refractivity contribution in [2.24, 2.45) is 5.73 Å². The fourth-order valence-corrected chi connectivity index (χ4v) is 7.62. The molecule has 0 bridgehead atoms. The zero-order valence-electron chi connectivity index (χ0n) is 39.7. The van der Waals surface area contributed by atoms with Crippen LogP contribution in [0.15, 0.2) is 61.2 Å². The number of carbonyl (C=O) groups excluding carboxylic acids is 5. The Kier molecular flexibility index (Phi) is 17.1. The topological polar surface area (TPSA) is 225 Å². The van der Waals surface area contributed by atoms with Gasteiger partial charge in [0.1, 0.15) is 34.9 Å². The number of aromatic carboxylic acids is 1. The van der Waals surface area contributed by atoms with Crippen molar-refractivity contribution in [3.8, 4) is 22.3 Å². The molecular formula is C48H51F8N7O9. The monoisotopic (exact) mass is 1020 g/mol. The Morgan fingerprint density at radius 3 is 1.31 bits per heavy atom. The number of aromatic nitrogens is 4. The maximum Gasteiger partial charge on any atom is 0.433 e. The first-order chi connectivity index (χ1) is 33.3. The molecule has 2 saturated heterocycles. The average molecular weight is 1020 g/mol. The van der Waals surface area contributed by atoms with E-state index < -0.39 is 89.2 Å². The number of primary amides is 1. The van der Waals surface area contributed by atoms with E-state index in [2.05, 4.69) is 19.9 Å². The van der Waals surface area contributed by atoms with Crippen LogP contribution in [0.2, 0.25) is 0 Å². The molecule has 2 fully saturated rings. The molecule has 0 aromatic carbocycles. The lowest BCUT2D eigenvalue weighted by molar-refractivity contribution is -0.141. The maximum absolute atomic E-state index is 14.1. The number of pyridine rings is 4. The van der Waals surface area contributed by atoms with Gasteiger partial charge < -0.3 is 20.3 Å². The first kappa shape index (κ1) is 55.8. The number of alkyl halides is 8. The molecule has 0 aliphatic carbocycles. The highest BCUT2D eigenvalue weighted by atomic mass is 19.4. The van der Waals surface area contributed by atoms with Crippen LogP contribution in [-0.2, 0) is 44.3 Å². The van der Waals surface area contributed by atoms with E-state index in [1.165, 1.54) is 18.3 Å². The summed E-state index contributed by atoms with van der Waals surface area (Å²) in [5.41, 5.74) is 2.53. The molecule has 4 aromatic rings. The van der Waals surface area contributed by atoms with Gasteiger partial charge in [0.05, 0.1) is 36.3 Å². The van der Waals surface area contributed by atoms with Gasteiger partial charge in [0, 0.05) is 78.5 Å². The number of hydrogen-bond donors (Lipinski definition) is 2. The van der Waals surface area contributed by atoms with Gasteiger partial charge in [-0.05, 0) is 84.2 Å². The molecule has 0 radical (unpaired) electrons. The van der Waals surface area contributed by atoms with Crippen molar-refractivity contribution in [1.29, 1.82) is 0 Å². The summed E-state index contributed by atoms with van der Waals surface area (Å²) in [5.74, 6) is -2.98. The van der Waals surface area contributed by atoms with E-state index >= 15 is 0 Å². The van der Waals surface area contributed by atoms with Gasteiger partial charge in [0.15, 0.2) is 11.6 Å². The Balaban J connectivity index is 0.000000267. The molecule has 6 rings (SSSR count). The third-order valence-corrected chi connectivity index (χ3v) is 10.9. The van der Waals surface area contributed by atoms with Gasteiger partial charge >= 0.3 is 30.5 Å². The van der Waals surface area contributed by atoms with Crippen molar-refractivity contribution >= 4 is 35.6 Å². The lowest BCUT2D eigenvalue weighted by Crippen LogP contribution is -2.43. The molecular weight excluding hydrogens is 971 g/mol. The number of carbonyl (C=O) groups is 6. The van der Waals surface area contributed by atoms with Crippen LogP contribution >= 0.6 is 0 Å². The second kappa shape index (κ2) is 22.1. The predicted octanol–water partition coefficient (Wildman–Crippen LogP) is 8.82. The molecule has 2 aliphatic heterocycles. The molecule has 0 unspecified atom stereocenters. The summed E-state index contributed by atoms with van der Waals surface area (Å²) in [5, 5.41) is 9.47. The van der Waals surface area contributed by atoms with E-state index in [0.717, 1.165) is 52.7 Å². The Hall–Kier alpha value is -7.14. The van der Waals surface area contributed by atoms with Crippen molar-refractivity contribution in [2.45, 2.75) is 128 Å². The van der Waals surface area contributed by atoms with Gasteiger partial charge in [-0.25, -0.2) is 23.2 Å². The Bertz CT molecular complexity index is 2470. The highest BCUT2D eigenvalue weighted by Crippen LogP contribution is 2.33. The summed E-state index contributed by atoms with van der Waals surface area (Å²) in [6.45, 7) is 9.44. The van der Waals surface area contributed by atoms with Crippen LogP contribution in [0.5, 0.6) is 0 Å². The highest BCUT2D eigenvalue weighted by molar-refractivity contribution is 5.99. The van der Waals surface area contributed by atoms with E-state index in [9.17, 15) is 69.0 Å². The van der Waals surface area contributed by atoms with Gasteiger partial charge in [0.25, 0.3) is 5.91 Å². The predicted molar refractivity (Wildman–Crippen MR) is 240 cm³/mol. The molecule has 388 valence electrons. The van der Waals surface area contributed by atoms with Crippen molar-refractivity contribution in [3.05, 3.63) is 95.1 Å². The quantitative estimate of drug-likeness (QED) is 0.127. The van der Waals surface area contributed by atoms with Crippen molar-refractivity contribution in [3.63, 3.8) is 0 Å². The van der Waals surface area contributed by atoms with E-state index in [4.69, 9.17) is 15.2 Å². The molecule has 3 amide bonds. The van der Waals surface area contributed by atoms with Gasteiger partial charge in [-0.2, -0.15) is 26.3 Å². The second-order valence-corrected chi connectivity index (χ2v) is 18.9. The Morgan fingerprint density at radius 2 is 0.986 bits per heavy atom. The number of ketones is 2. The summed E-state index contributed by atoms with van der Waals surface area (Å²) in [6.07, 6.45) is -9.87. The maximum atomic E-state index is 14.1. The molecule has 16 nitrogen and oxygen atoms in total. The standard InChI is InChI=1S/C24H26F4N4O4.C24H25F4N3O5/c1-23(2,3)36-22(35)32-12-14(25)8-18(32)19(33)6-5-15-9-16(17(11-30-15)21(29)34)13-4-7-20(31-10-13)24(26,27)28;1-23(2,3)36-22(35)31-12-14(25)8-18(31)19(32)6-5-15-9-16(17(11-29-15)21(33)34)13-4-7-20(30-10-13)24(26,27)28/h4,7,9-11,14,18H,5-6,8,12H2,1-3H3,(H2,29,34);4,7,9-11,14,18H,5-6,8,12H2,1-3H3,(H,33,34)/t2*14-,18+/m11/s1. The SMILES string of the molecule is CC(C)(C)OC(=O)N1C[C@H](F)C[C@H]1C(=O)CCc1cc(-c2ccc(C(F)(F)F)nc2)c(C(=O)O)cn1.CC(C)(C)OC(=O)N1C[C@H](F)C[C@H]1C(=O)CCc1cc(-c2ccc(C(F)(F)F)nc2)c(C(N)=O)cn1. The third kappa shape index (κ3) is 14.9. The summed E-state index contributed by atoms with van der Waals surface area (Å²) in [6, 6.07) is 4.59. The van der Waals surface area contributed by atoms with Gasteiger partial charge in [-0.15, -0.1) is 0 Å². The Morgan fingerprint density at radius 1 is 0.611 bits per heavy atom. The fraction of sp³-hybridized carbons (Fsp3) is 0.458. The van der Waals surface area contributed by atoms with Crippen LogP contribution < -0.4 is 5.73 Å². The van der Waals surface area contributed by atoms with Crippen LogP contribution in [0.25, 0.3) is 22.3 Å². The number of aryl methyl sites for hydroxylation is 2. The minimum Gasteiger partial charge on any atom is -0.478 e. The number of Topliss-reactive ketones (excluding diaryl/α,β-unsaturated/α-hetero) is 2. The number of carboxylic acid groups (broad SMARTS) is 1. The number of amides is 3. The summed E-state index contributed by atoms with van der Waals surface area (Å²) < 4.78 is 116. The molecule has 6 heterocycles. The summed E-state index contributed by atoms with van der Waals surface area (Å²) >= 11 is 0. The van der Waals surface area contributed by atoms with Crippen LogP contribution in [-0.4, -0.2) is 119 Å². The minimum absolute atomic E-state index is 0.0289. The lowest BCUT2D eigenvalue weighted by atomic mass is 9.99. The van der Waals surface area contributed by atoms with Crippen LogP contribution in [0, 0.1) is 0 Å². The molecule has 0 saturated carbocycles. The molecule has 72 heavy (non-hydrogen) atoms. The number of nitrogens with zero attached hydrogens (tertiary/aromatic N) is 6. The van der Waals surface area contributed by atoms with E-state index in [1.807, 2.05) is 0 Å². The molecule has 0 spiro atoms. The van der Waals surface area contributed by atoms with Gasteiger partial charge in [-0.3, -0.25) is 44.1 Å².